The van der Waals surface area contributed by atoms with Crippen LogP contribution in [-0.4, -0.2) is 32.4 Å². The van der Waals surface area contributed by atoms with Crippen molar-refractivity contribution in [1.82, 2.24) is 0 Å². The van der Waals surface area contributed by atoms with E-state index in [9.17, 15) is 24.9 Å². The van der Waals surface area contributed by atoms with Crippen molar-refractivity contribution < 1.29 is 34.8 Å². The Bertz CT molecular complexity index is 1140. The van der Waals surface area contributed by atoms with Crippen LogP contribution in [0.25, 0.3) is 0 Å². The average Bonchev–Trinajstić information content (AvgIpc) is 3.04. The molecule has 168 valence electrons. The fourth-order valence-electron chi connectivity index (χ4n) is 3.68. The molecule has 0 bridgehead atoms. The van der Waals surface area contributed by atoms with Crippen molar-refractivity contribution in [1.29, 1.82) is 0 Å². The molecular weight excluding hydrogens is 412 g/mol. The molecule has 0 spiro atoms. The second-order valence-corrected chi connectivity index (χ2v) is 8.13. The van der Waals surface area contributed by atoms with Gasteiger partial charge in [0.15, 0.2) is 6.10 Å². The second-order valence-electron chi connectivity index (χ2n) is 8.13. The summed E-state index contributed by atoms with van der Waals surface area (Å²) in [6, 6.07) is 5.09. The Morgan fingerprint density at radius 1 is 1.03 bits per heavy atom. The van der Waals surface area contributed by atoms with E-state index in [1.165, 1.54) is 11.6 Å². The minimum Gasteiger partial charge on any atom is -0.507 e. The standard InChI is InChI=1S/C25H26O7/c1-13(2)5-4-6-14(3)7-8-15-9-10-18(26)21(22(15)28)23-20-17(25(31)32-23)11-16(24(29)30)12-19(20)27/h5,7,9-12,23,26-28H,4,6,8H2,1-3H3,(H,29,30). The third-order valence-electron chi connectivity index (χ3n) is 5.41. The topological polar surface area (TPSA) is 124 Å². The summed E-state index contributed by atoms with van der Waals surface area (Å²) in [4.78, 5) is 23.6. The van der Waals surface area contributed by atoms with E-state index in [1.54, 1.807) is 6.07 Å². The van der Waals surface area contributed by atoms with Gasteiger partial charge in [0.25, 0.3) is 0 Å². The number of rotatable bonds is 7. The van der Waals surface area contributed by atoms with E-state index in [-0.39, 0.29) is 33.8 Å². The van der Waals surface area contributed by atoms with Gasteiger partial charge in [-0.1, -0.05) is 29.4 Å². The van der Waals surface area contributed by atoms with Gasteiger partial charge in [-0.25, -0.2) is 9.59 Å². The van der Waals surface area contributed by atoms with Gasteiger partial charge in [0, 0.05) is 0 Å². The molecule has 2 aromatic carbocycles. The molecule has 1 aliphatic heterocycles. The van der Waals surface area contributed by atoms with Gasteiger partial charge in [0.2, 0.25) is 0 Å². The Hall–Kier alpha value is -3.74. The number of carbonyl (C=O) groups is 2. The monoisotopic (exact) mass is 438 g/mol. The van der Waals surface area contributed by atoms with Crippen molar-refractivity contribution in [3.05, 3.63) is 75.4 Å². The number of cyclic esters (lactones) is 1. The average molecular weight is 438 g/mol. The zero-order valence-corrected chi connectivity index (χ0v) is 18.2. The molecule has 7 heteroatoms. The van der Waals surface area contributed by atoms with E-state index in [2.05, 4.69) is 6.08 Å². The van der Waals surface area contributed by atoms with Gasteiger partial charge < -0.3 is 25.2 Å². The minimum atomic E-state index is -1.31. The summed E-state index contributed by atoms with van der Waals surface area (Å²) in [6.07, 6.45) is 5.08. The summed E-state index contributed by atoms with van der Waals surface area (Å²) in [5.41, 5.74) is 2.49. The van der Waals surface area contributed by atoms with E-state index in [0.29, 0.717) is 12.0 Å². The van der Waals surface area contributed by atoms with Crippen molar-refractivity contribution in [2.45, 2.75) is 46.1 Å². The molecule has 0 radical (unpaired) electrons. The molecule has 7 nitrogen and oxygen atoms in total. The lowest BCUT2D eigenvalue weighted by Gasteiger charge is -2.17. The number of aromatic carboxylic acids is 1. The van der Waals surface area contributed by atoms with Gasteiger partial charge in [-0.15, -0.1) is 0 Å². The third kappa shape index (κ3) is 4.61. The van der Waals surface area contributed by atoms with Crippen molar-refractivity contribution in [3.63, 3.8) is 0 Å². The van der Waals surface area contributed by atoms with E-state index in [1.807, 2.05) is 26.8 Å². The second kappa shape index (κ2) is 9.18. The van der Waals surface area contributed by atoms with E-state index >= 15 is 0 Å². The SMILES string of the molecule is CC(C)=CCCC(C)=CCc1ccc(O)c(C2OC(=O)c3cc(C(=O)O)cc(O)c32)c1O. The summed E-state index contributed by atoms with van der Waals surface area (Å²) in [5.74, 6) is -3.16. The van der Waals surface area contributed by atoms with Gasteiger partial charge in [0.05, 0.1) is 22.3 Å². The first kappa shape index (κ1) is 22.9. The molecule has 0 amide bonds. The quantitative estimate of drug-likeness (QED) is 0.354. The lowest BCUT2D eigenvalue weighted by molar-refractivity contribution is 0.0448. The zero-order valence-electron chi connectivity index (χ0n) is 18.2. The van der Waals surface area contributed by atoms with Gasteiger partial charge in [-0.3, -0.25) is 0 Å². The highest BCUT2D eigenvalue weighted by atomic mass is 16.6. The molecule has 2 aromatic rings. The highest BCUT2D eigenvalue weighted by molar-refractivity contribution is 5.99. The smallest absolute Gasteiger partial charge is 0.339 e. The van der Waals surface area contributed by atoms with Crippen LogP contribution in [0.5, 0.6) is 17.2 Å². The molecule has 1 aliphatic rings. The van der Waals surface area contributed by atoms with E-state index in [4.69, 9.17) is 9.84 Å². The largest absolute Gasteiger partial charge is 0.507 e. The highest BCUT2D eigenvalue weighted by Gasteiger charge is 2.39. The number of hydrogen-bond acceptors (Lipinski definition) is 6. The van der Waals surface area contributed by atoms with Gasteiger partial charge >= 0.3 is 11.9 Å². The molecule has 32 heavy (non-hydrogen) atoms. The Morgan fingerprint density at radius 2 is 1.75 bits per heavy atom. The lowest BCUT2D eigenvalue weighted by atomic mass is 9.93. The lowest BCUT2D eigenvalue weighted by Crippen LogP contribution is -2.03. The first-order valence-corrected chi connectivity index (χ1v) is 10.2. The van der Waals surface area contributed by atoms with Crippen molar-refractivity contribution in [3.8, 4) is 17.2 Å². The van der Waals surface area contributed by atoms with E-state index < -0.39 is 23.8 Å². The molecule has 1 heterocycles. The maximum Gasteiger partial charge on any atom is 0.339 e. The Kier molecular flexibility index (Phi) is 6.58. The number of carboxylic acids is 1. The van der Waals surface area contributed by atoms with Crippen LogP contribution in [0.1, 0.15) is 77.1 Å². The fraction of sp³-hybridized carbons (Fsp3) is 0.280. The minimum absolute atomic E-state index is 0.0104. The van der Waals surface area contributed by atoms with Crippen LogP contribution in [0.2, 0.25) is 0 Å². The number of aromatic hydroxyl groups is 3. The van der Waals surface area contributed by atoms with Crippen LogP contribution in [0.15, 0.2) is 47.6 Å². The van der Waals surface area contributed by atoms with Crippen molar-refractivity contribution >= 4 is 11.9 Å². The number of benzene rings is 2. The molecule has 4 N–H and O–H groups in total. The van der Waals surface area contributed by atoms with Crippen LogP contribution in [0.3, 0.4) is 0 Å². The number of carboxylic acid groups (broad SMARTS) is 1. The molecule has 0 aromatic heterocycles. The summed E-state index contributed by atoms with van der Waals surface area (Å²) < 4.78 is 5.32. The Morgan fingerprint density at radius 3 is 2.41 bits per heavy atom. The van der Waals surface area contributed by atoms with Crippen LogP contribution in [0, 0.1) is 0 Å². The van der Waals surface area contributed by atoms with E-state index in [0.717, 1.165) is 30.5 Å². The van der Waals surface area contributed by atoms with Gasteiger partial charge in [-0.2, -0.15) is 0 Å². The number of hydrogen-bond donors (Lipinski definition) is 4. The highest BCUT2D eigenvalue weighted by Crippen LogP contribution is 2.48. The summed E-state index contributed by atoms with van der Waals surface area (Å²) in [6.45, 7) is 6.09. The molecule has 0 saturated carbocycles. The number of carbonyl (C=O) groups excluding carboxylic acids is 1. The summed E-state index contributed by atoms with van der Waals surface area (Å²) in [5, 5.41) is 40.8. The number of phenols is 3. The summed E-state index contributed by atoms with van der Waals surface area (Å²) >= 11 is 0. The van der Waals surface area contributed by atoms with Crippen molar-refractivity contribution in [2.75, 3.05) is 0 Å². The first-order valence-electron chi connectivity index (χ1n) is 10.2. The number of allylic oxidation sites excluding steroid dienone is 4. The predicted molar refractivity (Wildman–Crippen MR) is 118 cm³/mol. The molecular formula is C25H26O7. The maximum absolute atomic E-state index is 12.3. The Balaban J connectivity index is 1.95. The number of ether oxygens (including phenoxy) is 1. The number of phenolic OH excluding ortho intramolecular Hbond substituents is 3. The fourth-order valence-corrected chi connectivity index (χ4v) is 3.68. The van der Waals surface area contributed by atoms with Gasteiger partial charge in [0.1, 0.15) is 17.2 Å². The Labute approximate surface area is 185 Å². The third-order valence-corrected chi connectivity index (χ3v) is 5.41. The molecule has 1 unspecified atom stereocenters. The summed E-state index contributed by atoms with van der Waals surface area (Å²) in [7, 11) is 0. The molecule has 1 atom stereocenters. The first-order chi connectivity index (χ1) is 15.1. The normalized spacial score (nSPS) is 15.3. The molecule has 0 fully saturated rings. The van der Waals surface area contributed by atoms with Crippen LogP contribution in [-0.2, 0) is 11.2 Å². The number of esters is 1. The zero-order chi connectivity index (χ0) is 23.6. The number of fused-ring (bicyclic) bond motifs is 1. The molecule has 3 rings (SSSR count). The van der Waals surface area contributed by atoms with Crippen molar-refractivity contribution in [2.24, 2.45) is 0 Å². The van der Waals surface area contributed by atoms with Crippen LogP contribution >= 0.6 is 0 Å². The molecule has 0 aliphatic carbocycles. The van der Waals surface area contributed by atoms with Crippen LogP contribution < -0.4 is 0 Å². The molecule has 0 saturated heterocycles. The maximum atomic E-state index is 12.3. The van der Waals surface area contributed by atoms with Crippen LogP contribution in [0.4, 0.5) is 0 Å². The predicted octanol–water partition coefficient (Wildman–Crippen LogP) is 5.00. The van der Waals surface area contributed by atoms with Gasteiger partial charge in [-0.05, 0) is 63.8 Å².